The lowest BCUT2D eigenvalue weighted by Gasteiger charge is -2.14. The normalized spacial score (nSPS) is 12.6. The van der Waals surface area contributed by atoms with Gasteiger partial charge in [-0.3, -0.25) is 14.2 Å². The van der Waals surface area contributed by atoms with E-state index in [4.69, 9.17) is 23.2 Å². The molecule has 2 heterocycles. The zero-order chi connectivity index (χ0) is 22.0. The predicted octanol–water partition coefficient (Wildman–Crippen LogP) is 5.51. The number of hydrogen-bond donors (Lipinski definition) is 1. The van der Waals surface area contributed by atoms with Crippen LogP contribution in [0.15, 0.2) is 36.5 Å². The second-order valence-corrected chi connectivity index (χ2v) is 7.12. The number of nitrogens with one attached hydrogen (secondary N) is 1. The number of benzene rings is 1. The molecule has 1 amide bonds. The van der Waals surface area contributed by atoms with E-state index in [2.05, 4.69) is 15.5 Å². The standard InChI is InChI=1S/C18H15Cl2F4N5O/c1-9(29-14(17(23)24)7-13(26-29)16(21)22)18(30)25-15-5-6-28(27-15)8-10-11(19)3-2-4-12(10)20/h2-7,9,16-17H,8H2,1H3,(H,25,27,30). The number of aromatic nitrogens is 4. The predicted molar refractivity (Wildman–Crippen MR) is 103 cm³/mol. The summed E-state index contributed by atoms with van der Waals surface area (Å²) in [5.74, 6) is -0.614. The van der Waals surface area contributed by atoms with Crippen molar-refractivity contribution in [2.24, 2.45) is 0 Å². The van der Waals surface area contributed by atoms with Crippen molar-refractivity contribution in [2.75, 3.05) is 5.32 Å². The minimum atomic E-state index is -3.07. The van der Waals surface area contributed by atoms with E-state index in [-0.39, 0.29) is 12.4 Å². The van der Waals surface area contributed by atoms with Crippen LogP contribution in [-0.4, -0.2) is 25.5 Å². The Morgan fingerprint density at radius 3 is 2.37 bits per heavy atom. The molecule has 0 radical (unpaired) electrons. The van der Waals surface area contributed by atoms with Gasteiger partial charge >= 0.3 is 0 Å². The Bertz CT molecular complexity index is 1030. The molecular formula is C18H15Cl2F4N5O. The second-order valence-electron chi connectivity index (χ2n) is 6.30. The number of amides is 1. The Balaban J connectivity index is 1.74. The third kappa shape index (κ3) is 4.76. The fraction of sp³-hybridized carbons (Fsp3) is 0.278. The van der Waals surface area contributed by atoms with Crippen LogP contribution in [0, 0.1) is 0 Å². The molecule has 0 saturated heterocycles. The summed E-state index contributed by atoms with van der Waals surface area (Å²) in [6.45, 7) is 1.50. The van der Waals surface area contributed by atoms with Crippen LogP contribution >= 0.6 is 23.2 Å². The van der Waals surface area contributed by atoms with E-state index in [9.17, 15) is 22.4 Å². The number of rotatable bonds is 7. The van der Waals surface area contributed by atoms with Gasteiger partial charge in [0.1, 0.15) is 17.4 Å². The largest absolute Gasteiger partial charge is 0.307 e. The van der Waals surface area contributed by atoms with Crippen LogP contribution in [0.1, 0.15) is 42.8 Å². The molecule has 0 aliphatic rings. The first-order valence-corrected chi connectivity index (χ1v) is 9.35. The average molecular weight is 464 g/mol. The molecule has 6 nitrogen and oxygen atoms in total. The first kappa shape index (κ1) is 22.1. The molecule has 0 spiro atoms. The van der Waals surface area contributed by atoms with Crippen LogP contribution in [0.5, 0.6) is 0 Å². The van der Waals surface area contributed by atoms with E-state index in [1.165, 1.54) is 17.7 Å². The van der Waals surface area contributed by atoms with Crippen molar-refractivity contribution >= 4 is 34.9 Å². The smallest absolute Gasteiger partial charge is 0.282 e. The van der Waals surface area contributed by atoms with Crippen molar-refractivity contribution in [1.82, 2.24) is 19.6 Å². The summed E-state index contributed by atoms with van der Waals surface area (Å²) in [7, 11) is 0. The SMILES string of the molecule is CC(C(=O)Nc1ccn(Cc2c(Cl)cccc2Cl)n1)n1nc(C(F)F)cc1C(F)F. The molecule has 30 heavy (non-hydrogen) atoms. The molecule has 0 aliphatic carbocycles. The van der Waals surface area contributed by atoms with E-state index in [0.717, 1.165) is 0 Å². The van der Waals surface area contributed by atoms with E-state index in [1.807, 2.05) is 0 Å². The minimum absolute atomic E-state index is 0.134. The highest BCUT2D eigenvalue weighted by molar-refractivity contribution is 6.35. The molecule has 1 unspecified atom stereocenters. The van der Waals surface area contributed by atoms with E-state index >= 15 is 0 Å². The average Bonchev–Trinajstić information content (AvgIpc) is 3.31. The fourth-order valence-corrected chi connectivity index (χ4v) is 3.23. The summed E-state index contributed by atoms with van der Waals surface area (Å²) in [6, 6.07) is 5.85. The number of carbonyl (C=O) groups is 1. The Kier molecular flexibility index (Phi) is 6.67. The lowest BCUT2D eigenvalue weighted by Crippen LogP contribution is -2.26. The zero-order valence-electron chi connectivity index (χ0n) is 15.4. The summed E-state index contributed by atoms with van der Waals surface area (Å²) in [6.07, 6.45) is -4.54. The zero-order valence-corrected chi connectivity index (χ0v) is 16.9. The van der Waals surface area contributed by atoms with Gasteiger partial charge in [0, 0.05) is 27.9 Å². The molecular weight excluding hydrogens is 449 g/mol. The lowest BCUT2D eigenvalue weighted by atomic mass is 10.2. The monoisotopic (exact) mass is 463 g/mol. The van der Waals surface area contributed by atoms with Crippen molar-refractivity contribution in [2.45, 2.75) is 32.4 Å². The van der Waals surface area contributed by atoms with Crippen molar-refractivity contribution in [3.05, 3.63) is 63.5 Å². The Morgan fingerprint density at radius 2 is 1.77 bits per heavy atom. The van der Waals surface area contributed by atoms with Crippen molar-refractivity contribution in [3.63, 3.8) is 0 Å². The highest BCUT2D eigenvalue weighted by Crippen LogP contribution is 2.28. The van der Waals surface area contributed by atoms with Gasteiger partial charge in [-0.2, -0.15) is 10.2 Å². The highest BCUT2D eigenvalue weighted by atomic mass is 35.5. The van der Waals surface area contributed by atoms with Crippen molar-refractivity contribution in [1.29, 1.82) is 0 Å². The van der Waals surface area contributed by atoms with Gasteiger partial charge < -0.3 is 5.32 Å². The van der Waals surface area contributed by atoms with Gasteiger partial charge in [0.05, 0.1) is 6.54 Å². The van der Waals surface area contributed by atoms with E-state index in [1.54, 1.807) is 24.4 Å². The molecule has 12 heteroatoms. The quantitative estimate of drug-likeness (QED) is 0.469. The van der Waals surface area contributed by atoms with Gasteiger partial charge in [-0.15, -0.1) is 0 Å². The maximum atomic E-state index is 13.2. The molecule has 3 aromatic rings. The summed E-state index contributed by atoms with van der Waals surface area (Å²) < 4.78 is 54.0. The first-order valence-electron chi connectivity index (χ1n) is 8.60. The van der Waals surface area contributed by atoms with Gasteiger partial charge in [0.15, 0.2) is 5.82 Å². The number of carbonyl (C=O) groups excluding carboxylic acids is 1. The number of nitrogens with zero attached hydrogens (tertiary/aromatic N) is 4. The summed E-state index contributed by atoms with van der Waals surface area (Å²) in [5.41, 5.74) is -0.967. The van der Waals surface area contributed by atoms with Gasteiger partial charge in [0.25, 0.3) is 12.9 Å². The number of halogens is 6. The molecule has 0 aliphatic heterocycles. The molecule has 0 fully saturated rings. The summed E-state index contributed by atoms with van der Waals surface area (Å²) in [4.78, 5) is 12.4. The van der Waals surface area contributed by atoms with E-state index in [0.29, 0.717) is 26.4 Å². The molecule has 0 bridgehead atoms. The molecule has 1 aromatic carbocycles. The van der Waals surface area contributed by atoms with Gasteiger partial charge in [0.2, 0.25) is 5.91 Å². The van der Waals surface area contributed by atoms with Gasteiger partial charge in [-0.25, -0.2) is 17.6 Å². The van der Waals surface area contributed by atoms with Gasteiger partial charge in [-0.1, -0.05) is 29.3 Å². The van der Waals surface area contributed by atoms with Crippen molar-refractivity contribution < 1.29 is 22.4 Å². The van der Waals surface area contributed by atoms with Crippen LogP contribution in [0.25, 0.3) is 0 Å². The number of hydrogen-bond acceptors (Lipinski definition) is 3. The third-order valence-electron chi connectivity index (χ3n) is 4.25. The van der Waals surface area contributed by atoms with Crippen LogP contribution < -0.4 is 5.32 Å². The molecule has 3 rings (SSSR count). The fourth-order valence-electron chi connectivity index (χ4n) is 2.71. The maximum Gasteiger partial charge on any atom is 0.282 e. The van der Waals surface area contributed by atoms with Crippen LogP contribution in [0.4, 0.5) is 23.4 Å². The van der Waals surface area contributed by atoms with Crippen LogP contribution in [0.2, 0.25) is 10.0 Å². The summed E-state index contributed by atoms with van der Waals surface area (Å²) >= 11 is 12.2. The molecule has 160 valence electrons. The number of anilines is 1. The first-order chi connectivity index (χ1) is 14.2. The molecule has 0 saturated carbocycles. The molecule has 1 atom stereocenters. The van der Waals surface area contributed by atoms with E-state index < -0.39 is 36.2 Å². The maximum absolute atomic E-state index is 13.2. The van der Waals surface area contributed by atoms with Crippen molar-refractivity contribution in [3.8, 4) is 0 Å². The molecule has 1 N–H and O–H groups in total. The second kappa shape index (κ2) is 9.05. The Hall–Kier alpha value is -2.59. The van der Waals surface area contributed by atoms with Crippen LogP contribution in [0.3, 0.4) is 0 Å². The molecule has 2 aromatic heterocycles. The minimum Gasteiger partial charge on any atom is -0.307 e. The third-order valence-corrected chi connectivity index (χ3v) is 4.96. The van der Waals surface area contributed by atoms with Gasteiger partial charge in [-0.05, 0) is 25.1 Å². The Morgan fingerprint density at radius 1 is 1.10 bits per heavy atom. The highest BCUT2D eigenvalue weighted by Gasteiger charge is 2.27. The Labute approximate surface area is 178 Å². The summed E-state index contributed by atoms with van der Waals surface area (Å²) in [5, 5.41) is 11.0. The topological polar surface area (TPSA) is 64.7 Å². The number of alkyl halides is 4. The van der Waals surface area contributed by atoms with Crippen LogP contribution in [-0.2, 0) is 11.3 Å². The lowest BCUT2D eigenvalue weighted by molar-refractivity contribution is -0.119.